The zero-order chi connectivity index (χ0) is 13.2. The van der Waals surface area contributed by atoms with Crippen molar-refractivity contribution in [2.24, 2.45) is 0 Å². The summed E-state index contributed by atoms with van der Waals surface area (Å²) < 4.78 is 5.80. The summed E-state index contributed by atoms with van der Waals surface area (Å²) in [4.78, 5) is 23.4. The number of carbonyl (C=O) groups is 2. The lowest BCUT2D eigenvalue weighted by atomic mass is 10.2. The molecule has 0 saturated carbocycles. The molecule has 1 heterocycles. The highest BCUT2D eigenvalue weighted by Gasteiger charge is 2.20. The van der Waals surface area contributed by atoms with Gasteiger partial charge in [0.25, 0.3) is 0 Å². The highest BCUT2D eigenvalue weighted by Crippen LogP contribution is 2.33. The van der Waals surface area contributed by atoms with Crippen LogP contribution in [0.1, 0.15) is 37.4 Å². The Balaban J connectivity index is 2.85. The molecule has 1 N–H and O–H groups in total. The first-order valence-electron chi connectivity index (χ1n) is 4.98. The van der Waals surface area contributed by atoms with E-state index in [9.17, 15) is 9.59 Å². The van der Waals surface area contributed by atoms with E-state index in [0.717, 1.165) is 0 Å². The topological polar surface area (TPSA) is 55.4 Å². The maximum Gasteiger partial charge on any atom is 0.412 e. The molecule has 0 spiro atoms. The molecule has 0 unspecified atom stereocenters. The number of carbonyl (C=O) groups excluding carboxylic acids is 2. The molecule has 0 atom stereocenters. The average molecular weight is 320 g/mol. The number of Topliss-reactive ketones (excluding diaryl/α,β-unsaturated/α-hetero) is 1. The van der Waals surface area contributed by atoms with Gasteiger partial charge >= 0.3 is 6.09 Å². The van der Waals surface area contributed by atoms with E-state index in [1.807, 2.05) is 0 Å². The third-order valence-electron chi connectivity index (χ3n) is 1.69. The van der Waals surface area contributed by atoms with Crippen molar-refractivity contribution in [3.05, 3.63) is 14.7 Å². The van der Waals surface area contributed by atoms with Crippen LogP contribution in [-0.2, 0) is 4.74 Å². The maximum absolute atomic E-state index is 11.6. The van der Waals surface area contributed by atoms with Crippen molar-refractivity contribution >= 4 is 44.8 Å². The molecule has 0 bridgehead atoms. The number of rotatable bonds is 2. The van der Waals surface area contributed by atoms with Gasteiger partial charge in [0.05, 0.1) is 15.0 Å². The number of ketones is 1. The van der Waals surface area contributed by atoms with Gasteiger partial charge in [-0.15, -0.1) is 11.3 Å². The van der Waals surface area contributed by atoms with E-state index in [4.69, 9.17) is 4.74 Å². The summed E-state index contributed by atoms with van der Waals surface area (Å²) in [5.41, 5.74) is -0.0973. The van der Waals surface area contributed by atoms with Gasteiger partial charge in [-0.1, -0.05) is 0 Å². The monoisotopic (exact) mass is 319 g/mol. The smallest absolute Gasteiger partial charge is 0.412 e. The molecule has 17 heavy (non-hydrogen) atoms. The van der Waals surface area contributed by atoms with Crippen molar-refractivity contribution in [3.8, 4) is 0 Å². The van der Waals surface area contributed by atoms with Crippen molar-refractivity contribution in [2.45, 2.75) is 33.3 Å². The number of ether oxygens (including phenoxy) is 1. The maximum atomic E-state index is 11.6. The second-order valence-electron chi connectivity index (χ2n) is 4.47. The molecule has 0 fully saturated rings. The summed E-state index contributed by atoms with van der Waals surface area (Å²) in [5.74, 6) is -0.0910. The molecule has 0 saturated heterocycles. The highest BCUT2D eigenvalue weighted by atomic mass is 79.9. The third kappa shape index (κ3) is 4.12. The van der Waals surface area contributed by atoms with Crippen LogP contribution in [0, 0.1) is 0 Å². The first-order chi connectivity index (χ1) is 7.70. The number of nitrogens with one attached hydrogen (secondary N) is 1. The molecule has 0 radical (unpaired) electrons. The standard InChI is InChI=1S/C11H14BrNO3S/c1-6(14)9-8(7(12)5-17-9)13-10(15)16-11(2,3)4/h5H,1-4H3,(H,13,15). The van der Waals surface area contributed by atoms with Gasteiger partial charge in [-0.2, -0.15) is 0 Å². The molecular formula is C11H14BrNO3S. The Morgan fingerprint density at radius 2 is 2.00 bits per heavy atom. The predicted molar refractivity (Wildman–Crippen MR) is 71.9 cm³/mol. The number of hydrogen-bond acceptors (Lipinski definition) is 4. The van der Waals surface area contributed by atoms with Crippen molar-refractivity contribution in [1.82, 2.24) is 0 Å². The fourth-order valence-corrected chi connectivity index (χ4v) is 2.61. The van der Waals surface area contributed by atoms with Crippen LogP contribution in [0.2, 0.25) is 0 Å². The first kappa shape index (κ1) is 14.2. The van der Waals surface area contributed by atoms with Crippen molar-refractivity contribution in [1.29, 1.82) is 0 Å². The van der Waals surface area contributed by atoms with Crippen LogP contribution >= 0.6 is 27.3 Å². The molecule has 94 valence electrons. The zero-order valence-corrected chi connectivity index (χ0v) is 12.5. The zero-order valence-electron chi connectivity index (χ0n) is 10.1. The second kappa shape index (κ2) is 5.18. The number of hydrogen-bond donors (Lipinski definition) is 1. The van der Waals surface area contributed by atoms with E-state index < -0.39 is 11.7 Å². The van der Waals surface area contributed by atoms with Crippen molar-refractivity contribution in [3.63, 3.8) is 0 Å². The van der Waals surface area contributed by atoms with Gasteiger partial charge in [-0.25, -0.2) is 4.79 Å². The van der Waals surface area contributed by atoms with Gasteiger partial charge in [0.1, 0.15) is 5.60 Å². The van der Waals surface area contributed by atoms with Crippen LogP contribution in [0.3, 0.4) is 0 Å². The molecule has 1 aromatic heterocycles. The normalized spacial score (nSPS) is 11.1. The van der Waals surface area contributed by atoms with Gasteiger partial charge in [-0.3, -0.25) is 10.1 Å². The largest absolute Gasteiger partial charge is 0.444 e. The van der Waals surface area contributed by atoms with E-state index in [-0.39, 0.29) is 5.78 Å². The quantitative estimate of drug-likeness (QED) is 0.836. The van der Waals surface area contributed by atoms with E-state index in [1.165, 1.54) is 18.3 Å². The minimum Gasteiger partial charge on any atom is -0.444 e. The summed E-state index contributed by atoms with van der Waals surface area (Å²) in [6, 6.07) is 0. The van der Waals surface area contributed by atoms with Gasteiger partial charge in [-0.05, 0) is 36.7 Å². The summed E-state index contributed by atoms with van der Waals surface area (Å²) in [5, 5.41) is 4.33. The van der Waals surface area contributed by atoms with Crippen LogP contribution in [0.15, 0.2) is 9.85 Å². The van der Waals surface area contributed by atoms with Crippen LogP contribution < -0.4 is 5.32 Å². The van der Waals surface area contributed by atoms with E-state index in [0.29, 0.717) is 15.0 Å². The Morgan fingerprint density at radius 3 is 2.47 bits per heavy atom. The number of amides is 1. The van der Waals surface area contributed by atoms with Gasteiger partial charge in [0.2, 0.25) is 0 Å². The fraction of sp³-hybridized carbons (Fsp3) is 0.455. The number of halogens is 1. The third-order valence-corrected chi connectivity index (χ3v) is 3.70. The van der Waals surface area contributed by atoms with Crippen LogP contribution in [0.5, 0.6) is 0 Å². The Hall–Kier alpha value is -0.880. The van der Waals surface area contributed by atoms with Gasteiger partial charge in [0, 0.05) is 12.3 Å². The van der Waals surface area contributed by atoms with E-state index in [1.54, 1.807) is 26.2 Å². The Kier molecular flexibility index (Phi) is 4.32. The average Bonchev–Trinajstić information content (AvgIpc) is 2.44. The molecule has 0 aliphatic rings. The lowest BCUT2D eigenvalue weighted by Gasteiger charge is -2.19. The molecule has 0 aliphatic heterocycles. The highest BCUT2D eigenvalue weighted by molar-refractivity contribution is 9.10. The number of anilines is 1. The first-order valence-corrected chi connectivity index (χ1v) is 6.66. The van der Waals surface area contributed by atoms with Gasteiger partial charge in [0.15, 0.2) is 5.78 Å². The van der Waals surface area contributed by atoms with Crippen molar-refractivity contribution < 1.29 is 14.3 Å². The van der Waals surface area contributed by atoms with Crippen LogP contribution in [0.4, 0.5) is 10.5 Å². The molecule has 0 aromatic carbocycles. The molecule has 0 aliphatic carbocycles. The minimum absolute atomic E-state index is 0.0910. The molecular weight excluding hydrogens is 306 g/mol. The van der Waals surface area contributed by atoms with Crippen LogP contribution in [0.25, 0.3) is 0 Å². The van der Waals surface area contributed by atoms with E-state index in [2.05, 4.69) is 21.2 Å². The van der Waals surface area contributed by atoms with Crippen molar-refractivity contribution in [2.75, 3.05) is 5.32 Å². The predicted octanol–water partition coefficient (Wildman–Crippen LogP) is 4.06. The molecule has 1 aromatic rings. The molecule has 1 rings (SSSR count). The molecule has 4 nitrogen and oxygen atoms in total. The Bertz CT molecular complexity index is 448. The van der Waals surface area contributed by atoms with E-state index >= 15 is 0 Å². The number of thiophene rings is 1. The minimum atomic E-state index is -0.570. The lowest BCUT2D eigenvalue weighted by Crippen LogP contribution is -2.27. The Labute approximate surface area is 112 Å². The summed E-state index contributed by atoms with van der Waals surface area (Å²) in [7, 11) is 0. The Morgan fingerprint density at radius 1 is 1.41 bits per heavy atom. The summed E-state index contributed by atoms with van der Waals surface area (Å²) >= 11 is 4.56. The summed E-state index contributed by atoms with van der Waals surface area (Å²) in [6.45, 7) is 6.79. The molecule has 6 heteroatoms. The van der Waals surface area contributed by atoms with Crippen LogP contribution in [-0.4, -0.2) is 17.5 Å². The summed E-state index contributed by atoms with van der Waals surface area (Å²) in [6.07, 6.45) is -0.570. The van der Waals surface area contributed by atoms with Gasteiger partial charge < -0.3 is 4.74 Å². The fourth-order valence-electron chi connectivity index (χ4n) is 1.12. The lowest BCUT2D eigenvalue weighted by molar-refractivity contribution is 0.0636. The molecule has 1 amide bonds. The second-order valence-corrected chi connectivity index (χ2v) is 6.20. The SMILES string of the molecule is CC(=O)c1scc(Br)c1NC(=O)OC(C)(C)C.